The van der Waals surface area contributed by atoms with Crippen LogP contribution in [0.3, 0.4) is 0 Å². The molecule has 0 saturated carbocycles. The van der Waals surface area contributed by atoms with Gasteiger partial charge in [-0.15, -0.1) is 11.3 Å². The summed E-state index contributed by atoms with van der Waals surface area (Å²) in [5.74, 6) is 1.79. The average Bonchev–Trinajstić information content (AvgIpc) is 2.97. The number of thiophene rings is 1. The van der Waals surface area contributed by atoms with Gasteiger partial charge in [0.15, 0.2) is 0 Å². The maximum absolute atomic E-state index is 4.58. The van der Waals surface area contributed by atoms with E-state index in [1.807, 2.05) is 11.3 Å². The third-order valence-electron chi connectivity index (χ3n) is 5.93. The van der Waals surface area contributed by atoms with Crippen molar-refractivity contribution < 1.29 is 0 Å². The molecular weight excluding hydrogens is 328 g/mol. The number of anilines is 1. The number of aromatic nitrogens is 2. The minimum atomic E-state index is 0.404. The van der Waals surface area contributed by atoms with E-state index < -0.39 is 0 Å². The van der Waals surface area contributed by atoms with Crippen LogP contribution in [0.1, 0.15) is 50.5 Å². The van der Waals surface area contributed by atoms with Crippen LogP contribution in [-0.2, 0) is 12.8 Å². The normalized spacial score (nSPS) is 17.9. The fourth-order valence-corrected chi connectivity index (χ4v) is 4.98. The Kier molecular flexibility index (Phi) is 5.64. The Labute approximate surface area is 156 Å². The molecule has 2 aromatic rings. The Bertz CT molecular complexity index is 720. The van der Waals surface area contributed by atoms with Gasteiger partial charge in [-0.2, -0.15) is 0 Å². The summed E-state index contributed by atoms with van der Waals surface area (Å²) in [5.41, 5.74) is 1.93. The predicted octanol–water partition coefficient (Wildman–Crippen LogP) is 4.60. The summed E-state index contributed by atoms with van der Waals surface area (Å²) in [4.78, 5) is 14.1. The van der Waals surface area contributed by atoms with Gasteiger partial charge in [0.1, 0.15) is 17.0 Å². The molecule has 138 valence electrons. The smallest absolute Gasteiger partial charge is 0.138 e. The zero-order valence-electron chi connectivity index (χ0n) is 16.4. The highest BCUT2D eigenvalue weighted by atomic mass is 32.1. The fourth-order valence-electron chi connectivity index (χ4n) is 3.80. The highest BCUT2D eigenvalue weighted by molar-refractivity contribution is 7.19. The van der Waals surface area contributed by atoms with Gasteiger partial charge in [0.25, 0.3) is 0 Å². The van der Waals surface area contributed by atoms with Gasteiger partial charge < -0.3 is 10.2 Å². The van der Waals surface area contributed by atoms with Crippen molar-refractivity contribution in [3.05, 3.63) is 16.8 Å². The third kappa shape index (κ3) is 3.98. The van der Waals surface area contributed by atoms with Crippen molar-refractivity contribution in [2.75, 3.05) is 32.5 Å². The maximum atomic E-state index is 4.58. The van der Waals surface area contributed by atoms with Gasteiger partial charge >= 0.3 is 0 Å². The van der Waals surface area contributed by atoms with Crippen molar-refractivity contribution in [2.24, 2.45) is 11.3 Å². The molecule has 1 atom stereocenters. The van der Waals surface area contributed by atoms with Gasteiger partial charge in [0.05, 0.1) is 5.39 Å². The van der Waals surface area contributed by atoms with E-state index in [1.54, 1.807) is 6.33 Å². The van der Waals surface area contributed by atoms with E-state index >= 15 is 0 Å². The monoisotopic (exact) mass is 360 g/mol. The number of fused-ring (bicyclic) bond motifs is 3. The molecule has 0 bridgehead atoms. The summed E-state index contributed by atoms with van der Waals surface area (Å²) < 4.78 is 0. The Balaban J connectivity index is 1.85. The van der Waals surface area contributed by atoms with Crippen LogP contribution in [0.15, 0.2) is 6.33 Å². The third-order valence-corrected chi connectivity index (χ3v) is 7.13. The van der Waals surface area contributed by atoms with Gasteiger partial charge in [-0.25, -0.2) is 9.97 Å². The molecule has 0 amide bonds. The molecule has 0 radical (unpaired) electrons. The predicted molar refractivity (Wildman–Crippen MR) is 109 cm³/mol. The second-order valence-electron chi connectivity index (χ2n) is 8.27. The van der Waals surface area contributed by atoms with Gasteiger partial charge in [0, 0.05) is 11.4 Å². The lowest BCUT2D eigenvalue weighted by Gasteiger charge is -2.36. The molecule has 5 heteroatoms. The van der Waals surface area contributed by atoms with E-state index in [0.717, 1.165) is 36.1 Å². The number of nitrogens with zero attached hydrogens (tertiary/aromatic N) is 3. The first-order chi connectivity index (χ1) is 11.9. The van der Waals surface area contributed by atoms with Crippen LogP contribution in [0.4, 0.5) is 5.82 Å². The molecule has 3 rings (SSSR count). The van der Waals surface area contributed by atoms with E-state index in [2.05, 4.69) is 55.1 Å². The summed E-state index contributed by atoms with van der Waals surface area (Å²) in [6.07, 6.45) is 7.75. The Morgan fingerprint density at radius 2 is 2.12 bits per heavy atom. The average molecular weight is 361 g/mol. The zero-order chi connectivity index (χ0) is 18.0. The van der Waals surface area contributed by atoms with Crippen LogP contribution in [0, 0.1) is 11.3 Å². The molecular formula is C20H32N4S. The van der Waals surface area contributed by atoms with Crippen molar-refractivity contribution in [2.45, 2.75) is 52.9 Å². The first kappa shape index (κ1) is 18.6. The molecule has 1 aliphatic rings. The molecule has 0 saturated heterocycles. The first-order valence-corrected chi connectivity index (χ1v) is 10.4. The number of hydrogen-bond acceptors (Lipinski definition) is 5. The van der Waals surface area contributed by atoms with Crippen LogP contribution in [0.25, 0.3) is 10.2 Å². The maximum Gasteiger partial charge on any atom is 0.138 e. The van der Waals surface area contributed by atoms with Gasteiger partial charge in [-0.05, 0) is 63.2 Å². The molecule has 1 aliphatic carbocycles. The fraction of sp³-hybridized carbons (Fsp3) is 0.700. The van der Waals surface area contributed by atoms with Crippen molar-refractivity contribution in [1.29, 1.82) is 0 Å². The van der Waals surface area contributed by atoms with Crippen LogP contribution in [0.5, 0.6) is 0 Å². The summed E-state index contributed by atoms with van der Waals surface area (Å²) in [7, 11) is 4.24. The Hall–Kier alpha value is -1.20. The van der Waals surface area contributed by atoms with E-state index in [9.17, 15) is 0 Å². The van der Waals surface area contributed by atoms with Crippen molar-refractivity contribution in [1.82, 2.24) is 14.9 Å². The van der Waals surface area contributed by atoms with E-state index in [1.165, 1.54) is 41.5 Å². The lowest BCUT2D eigenvalue weighted by Crippen LogP contribution is -2.28. The quantitative estimate of drug-likeness (QED) is 0.733. The summed E-state index contributed by atoms with van der Waals surface area (Å²) in [6, 6.07) is 0. The van der Waals surface area contributed by atoms with E-state index in [0.29, 0.717) is 5.41 Å². The van der Waals surface area contributed by atoms with E-state index in [-0.39, 0.29) is 0 Å². The zero-order valence-corrected chi connectivity index (χ0v) is 17.2. The van der Waals surface area contributed by atoms with Gasteiger partial charge in [-0.3, -0.25) is 0 Å². The number of hydrogen-bond donors (Lipinski definition) is 1. The van der Waals surface area contributed by atoms with Crippen molar-refractivity contribution >= 4 is 27.4 Å². The van der Waals surface area contributed by atoms with E-state index in [4.69, 9.17) is 0 Å². The van der Waals surface area contributed by atoms with Crippen LogP contribution < -0.4 is 5.32 Å². The minimum absolute atomic E-state index is 0.404. The molecule has 0 unspecified atom stereocenters. The van der Waals surface area contributed by atoms with Gasteiger partial charge in [0.2, 0.25) is 0 Å². The van der Waals surface area contributed by atoms with Crippen LogP contribution >= 0.6 is 11.3 Å². The highest BCUT2D eigenvalue weighted by Crippen LogP contribution is 2.45. The molecule has 2 heterocycles. The Morgan fingerprint density at radius 1 is 1.32 bits per heavy atom. The second kappa shape index (κ2) is 7.58. The molecule has 4 nitrogen and oxygen atoms in total. The standard InChI is InChI=1S/C20H32N4S/c1-6-20(2,3)14-8-9-16-15(12-14)17-18(21-10-7-11-24(4)5)22-13-23-19(17)25-16/h13-14H,6-12H2,1-5H3,(H,21,22,23)/t14-/m1/s1. The topological polar surface area (TPSA) is 41.1 Å². The summed E-state index contributed by atoms with van der Waals surface area (Å²) in [6.45, 7) is 9.22. The largest absolute Gasteiger partial charge is 0.369 e. The van der Waals surface area contributed by atoms with Crippen LogP contribution in [0.2, 0.25) is 0 Å². The van der Waals surface area contributed by atoms with Crippen molar-refractivity contribution in [3.8, 4) is 0 Å². The van der Waals surface area contributed by atoms with Gasteiger partial charge in [-0.1, -0.05) is 27.2 Å². The molecule has 2 aromatic heterocycles. The Morgan fingerprint density at radius 3 is 2.84 bits per heavy atom. The first-order valence-electron chi connectivity index (χ1n) is 9.56. The lowest BCUT2D eigenvalue weighted by atomic mass is 9.69. The second-order valence-corrected chi connectivity index (χ2v) is 9.36. The number of rotatable bonds is 7. The minimum Gasteiger partial charge on any atom is -0.369 e. The summed E-state index contributed by atoms with van der Waals surface area (Å²) in [5, 5.41) is 4.87. The lowest BCUT2D eigenvalue weighted by molar-refractivity contribution is 0.184. The molecule has 1 N–H and O–H groups in total. The van der Waals surface area contributed by atoms with Crippen LogP contribution in [-0.4, -0.2) is 42.1 Å². The molecule has 0 fully saturated rings. The number of nitrogens with one attached hydrogen (secondary N) is 1. The molecule has 25 heavy (non-hydrogen) atoms. The van der Waals surface area contributed by atoms with Crippen molar-refractivity contribution in [3.63, 3.8) is 0 Å². The number of aryl methyl sites for hydroxylation is 1. The highest BCUT2D eigenvalue weighted by Gasteiger charge is 2.33. The SMILES string of the molecule is CCC(C)(C)[C@@H]1CCc2sc3ncnc(NCCCN(C)C)c3c2C1. The molecule has 0 aliphatic heterocycles. The summed E-state index contributed by atoms with van der Waals surface area (Å²) >= 11 is 1.88. The molecule has 0 spiro atoms. The molecule has 0 aromatic carbocycles.